The first-order valence-corrected chi connectivity index (χ1v) is 9.58. The molecule has 1 aromatic heterocycles. The van der Waals surface area contributed by atoms with Crippen LogP contribution in [0.1, 0.15) is 25.3 Å². The lowest BCUT2D eigenvalue weighted by atomic mass is 10.0. The maximum absolute atomic E-state index is 13.5. The highest BCUT2D eigenvalue weighted by molar-refractivity contribution is 5.83. The van der Waals surface area contributed by atoms with Crippen LogP contribution < -0.4 is 10.6 Å². The number of guanidine groups is 1. The molecule has 0 radical (unpaired) electrons. The van der Waals surface area contributed by atoms with Gasteiger partial charge in [-0.1, -0.05) is 6.92 Å². The minimum absolute atomic E-state index is 0.198. The summed E-state index contributed by atoms with van der Waals surface area (Å²) in [5.74, 6) is 1.43. The maximum Gasteiger partial charge on any atom is 0.191 e. The number of aromatic amines is 1. The normalized spacial score (nSPS) is 19.0. The Hall–Kier alpha value is -2.08. The van der Waals surface area contributed by atoms with Crippen LogP contribution in [0, 0.1) is 11.7 Å². The van der Waals surface area contributed by atoms with E-state index in [-0.39, 0.29) is 5.82 Å². The van der Waals surface area contributed by atoms with Gasteiger partial charge in [-0.3, -0.25) is 4.99 Å². The second-order valence-corrected chi connectivity index (χ2v) is 7.23. The summed E-state index contributed by atoms with van der Waals surface area (Å²) in [5, 5.41) is 7.69. The Bertz CT molecular complexity index is 739. The van der Waals surface area contributed by atoms with E-state index >= 15 is 0 Å². The predicted molar refractivity (Wildman–Crippen MR) is 106 cm³/mol. The van der Waals surface area contributed by atoms with Crippen molar-refractivity contribution in [3.05, 3.63) is 35.8 Å². The number of hydrogen-bond donors (Lipinski definition) is 3. The van der Waals surface area contributed by atoms with E-state index in [1.807, 2.05) is 6.20 Å². The van der Waals surface area contributed by atoms with E-state index in [4.69, 9.17) is 0 Å². The van der Waals surface area contributed by atoms with E-state index in [1.165, 1.54) is 32.0 Å². The fraction of sp³-hybridized carbons (Fsp3) is 0.550. The number of piperidine rings is 1. The molecule has 0 saturated carbocycles. The van der Waals surface area contributed by atoms with E-state index in [0.717, 1.165) is 54.4 Å². The lowest BCUT2D eigenvalue weighted by Crippen LogP contribution is -2.44. The minimum atomic E-state index is -0.198. The number of aromatic nitrogens is 1. The molecule has 1 aliphatic rings. The second-order valence-electron chi connectivity index (χ2n) is 7.23. The van der Waals surface area contributed by atoms with Crippen LogP contribution in [0.5, 0.6) is 0 Å². The van der Waals surface area contributed by atoms with Crippen LogP contribution in [0.15, 0.2) is 29.4 Å². The van der Waals surface area contributed by atoms with Gasteiger partial charge in [0.1, 0.15) is 5.82 Å². The molecular weight excluding hydrogens is 329 g/mol. The Labute approximate surface area is 155 Å². The van der Waals surface area contributed by atoms with Gasteiger partial charge in [0.25, 0.3) is 0 Å². The fourth-order valence-electron chi connectivity index (χ4n) is 3.72. The Morgan fingerprint density at radius 1 is 1.35 bits per heavy atom. The van der Waals surface area contributed by atoms with Gasteiger partial charge in [0.05, 0.1) is 0 Å². The van der Waals surface area contributed by atoms with Crippen molar-refractivity contribution in [3.8, 4) is 0 Å². The number of benzene rings is 1. The Morgan fingerprint density at radius 2 is 2.19 bits per heavy atom. The molecule has 6 heteroatoms. The quantitative estimate of drug-likeness (QED) is 0.549. The molecule has 1 saturated heterocycles. The summed E-state index contributed by atoms with van der Waals surface area (Å²) in [4.78, 5) is 10.0. The summed E-state index contributed by atoms with van der Waals surface area (Å²) < 4.78 is 13.5. The van der Waals surface area contributed by atoms with Gasteiger partial charge in [-0.15, -0.1) is 0 Å². The summed E-state index contributed by atoms with van der Waals surface area (Å²) in [5.41, 5.74) is 2.09. The highest BCUT2D eigenvalue weighted by Gasteiger charge is 2.15. The van der Waals surface area contributed by atoms with Gasteiger partial charge in [-0.2, -0.15) is 0 Å². The van der Waals surface area contributed by atoms with Gasteiger partial charge in [0.2, 0.25) is 0 Å². The molecule has 0 bridgehead atoms. The number of hydrogen-bond acceptors (Lipinski definition) is 2. The van der Waals surface area contributed by atoms with E-state index in [2.05, 4.69) is 32.4 Å². The molecular formula is C20H30FN5. The van der Waals surface area contributed by atoms with Crippen molar-refractivity contribution in [2.24, 2.45) is 10.9 Å². The van der Waals surface area contributed by atoms with Crippen LogP contribution >= 0.6 is 0 Å². The third kappa shape index (κ3) is 4.97. The standard InChI is InChI=1S/C20H30FN5/c1-15-4-3-10-26(14-15)11-9-24-20(22-2)23-8-7-16-13-25-19-6-5-17(21)12-18(16)19/h5-6,12-13,15,25H,3-4,7-11,14H2,1-2H3,(H2,22,23,24). The average molecular weight is 359 g/mol. The van der Waals surface area contributed by atoms with Crippen molar-refractivity contribution in [2.75, 3.05) is 39.8 Å². The largest absolute Gasteiger partial charge is 0.361 e. The smallest absolute Gasteiger partial charge is 0.191 e. The summed E-state index contributed by atoms with van der Waals surface area (Å²) in [6.07, 6.45) is 5.43. The van der Waals surface area contributed by atoms with Crippen molar-refractivity contribution in [2.45, 2.75) is 26.2 Å². The third-order valence-corrected chi connectivity index (χ3v) is 5.10. The van der Waals surface area contributed by atoms with Crippen molar-refractivity contribution in [3.63, 3.8) is 0 Å². The topological polar surface area (TPSA) is 55.5 Å². The van der Waals surface area contributed by atoms with E-state index in [1.54, 1.807) is 19.2 Å². The van der Waals surface area contributed by atoms with Gasteiger partial charge in [-0.25, -0.2) is 4.39 Å². The van der Waals surface area contributed by atoms with E-state index < -0.39 is 0 Å². The van der Waals surface area contributed by atoms with Gasteiger partial charge < -0.3 is 20.5 Å². The molecule has 1 fully saturated rings. The summed E-state index contributed by atoms with van der Waals surface area (Å²) >= 11 is 0. The number of aliphatic imine (C=N–C) groups is 1. The Morgan fingerprint density at radius 3 is 3.00 bits per heavy atom. The van der Waals surface area contributed by atoms with Crippen molar-refractivity contribution < 1.29 is 4.39 Å². The van der Waals surface area contributed by atoms with Gasteiger partial charge >= 0.3 is 0 Å². The molecule has 0 amide bonds. The Balaban J connectivity index is 1.41. The van der Waals surface area contributed by atoms with Crippen LogP contribution in [0.4, 0.5) is 4.39 Å². The summed E-state index contributed by atoms with van der Waals surface area (Å²) in [6.45, 7) is 7.43. The third-order valence-electron chi connectivity index (χ3n) is 5.10. The van der Waals surface area contributed by atoms with Crippen LogP contribution in [0.3, 0.4) is 0 Å². The number of nitrogens with one attached hydrogen (secondary N) is 3. The van der Waals surface area contributed by atoms with E-state index in [0.29, 0.717) is 0 Å². The molecule has 1 unspecified atom stereocenters. The van der Waals surface area contributed by atoms with E-state index in [9.17, 15) is 4.39 Å². The second kappa shape index (κ2) is 9.03. The van der Waals surface area contributed by atoms with Crippen LogP contribution in [0.2, 0.25) is 0 Å². The number of H-pyrrole nitrogens is 1. The van der Waals surface area contributed by atoms with Crippen molar-refractivity contribution in [1.29, 1.82) is 0 Å². The monoisotopic (exact) mass is 359 g/mol. The molecule has 2 heterocycles. The molecule has 1 atom stereocenters. The van der Waals surface area contributed by atoms with Crippen LogP contribution in [0.25, 0.3) is 10.9 Å². The summed E-state index contributed by atoms with van der Waals surface area (Å²) in [7, 11) is 1.79. The molecule has 26 heavy (non-hydrogen) atoms. The highest BCUT2D eigenvalue weighted by atomic mass is 19.1. The Kier molecular flexibility index (Phi) is 6.50. The van der Waals surface area contributed by atoms with Crippen molar-refractivity contribution in [1.82, 2.24) is 20.5 Å². The molecule has 2 aromatic rings. The zero-order valence-corrected chi connectivity index (χ0v) is 15.8. The fourth-order valence-corrected chi connectivity index (χ4v) is 3.72. The lowest BCUT2D eigenvalue weighted by Gasteiger charge is -2.30. The molecule has 1 aromatic carbocycles. The molecule has 5 nitrogen and oxygen atoms in total. The molecule has 142 valence electrons. The predicted octanol–water partition coefficient (Wildman–Crippen LogP) is 2.75. The first kappa shape index (κ1) is 18.7. The van der Waals surface area contributed by atoms with Crippen molar-refractivity contribution >= 4 is 16.9 Å². The summed E-state index contributed by atoms with van der Waals surface area (Å²) in [6, 6.07) is 4.85. The first-order valence-electron chi connectivity index (χ1n) is 9.58. The molecule has 0 aliphatic carbocycles. The average Bonchev–Trinajstić information content (AvgIpc) is 3.02. The zero-order valence-electron chi connectivity index (χ0n) is 15.8. The van der Waals surface area contributed by atoms with Gasteiger partial charge in [-0.05, 0) is 55.5 Å². The lowest BCUT2D eigenvalue weighted by molar-refractivity contribution is 0.187. The van der Waals surface area contributed by atoms with Gasteiger partial charge in [0, 0.05) is 50.3 Å². The van der Waals surface area contributed by atoms with Crippen LogP contribution in [-0.2, 0) is 6.42 Å². The molecule has 3 N–H and O–H groups in total. The number of nitrogens with zero attached hydrogens (tertiary/aromatic N) is 2. The van der Waals surface area contributed by atoms with Gasteiger partial charge in [0.15, 0.2) is 5.96 Å². The maximum atomic E-state index is 13.5. The molecule has 3 rings (SSSR count). The SMILES string of the molecule is CN=C(NCCc1c[nH]c2ccc(F)cc12)NCCN1CCCC(C)C1. The zero-order chi connectivity index (χ0) is 18.4. The molecule has 1 aliphatic heterocycles. The number of likely N-dealkylation sites (tertiary alicyclic amines) is 1. The highest BCUT2D eigenvalue weighted by Crippen LogP contribution is 2.19. The molecule has 0 spiro atoms. The minimum Gasteiger partial charge on any atom is -0.361 e. The number of halogens is 1. The number of rotatable bonds is 6. The first-order chi connectivity index (χ1) is 12.7. The number of fused-ring (bicyclic) bond motifs is 1. The van der Waals surface area contributed by atoms with Crippen LogP contribution in [-0.4, -0.2) is 55.6 Å².